The van der Waals surface area contributed by atoms with Crippen LogP contribution in [0.25, 0.3) is 11.3 Å². The number of carbonyl (C=O) groups excluding carboxylic acids is 1. The minimum Gasteiger partial charge on any atom is -0.490 e. The van der Waals surface area contributed by atoms with E-state index in [2.05, 4.69) is 20.5 Å². The predicted octanol–water partition coefficient (Wildman–Crippen LogP) is 3.68. The number of rotatable bonds is 7. The van der Waals surface area contributed by atoms with E-state index >= 15 is 0 Å². The number of H-pyrrole nitrogens is 1. The van der Waals surface area contributed by atoms with Crippen LogP contribution >= 0.6 is 22.6 Å². The minimum absolute atomic E-state index is 0.0808. The fourth-order valence-electron chi connectivity index (χ4n) is 2.77. The van der Waals surface area contributed by atoms with Crippen molar-refractivity contribution in [2.24, 2.45) is 5.10 Å². The fraction of sp³-hybridized carbons (Fsp3) is 0.136. The topological polar surface area (TPSA) is 129 Å². The quantitative estimate of drug-likeness (QED) is 0.153. The third-order valence-electron chi connectivity index (χ3n) is 4.04. The molecule has 9 nitrogen and oxygen atoms in total. The first-order chi connectivity index (χ1) is 15.4. The second-order valence-corrected chi connectivity index (χ2v) is 7.50. The van der Waals surface area contributed by atoms with Gasteiger partial charge in [-0.15, -0.1) is 0 Å². The van der Waals surface area contributed by atoms with E-state index in [-0.39, 0.29) is 17.2 Å². The number of esters is 1. The molecular weight excluding hydrogens is 525 g/mol. The van der Waals surface area contributed by atoms with Crippen molar-refractivity contribution in [2.75, 3.05) is 12.0 Å². The van der Waals surface area contributed by atoms with E-state index in [9.17, 15) is 14.9 Å². The van der Waals surface area contributed by atoms with E-state index in [1.807, 2.05) is 41.7 Å². The van der Waals surface area contributed by atoms with Crippen LogP contribution in [0.5, 0.6) is 11.5 Å². The van der Waals surface area contributed by atoms with Gasteiger partial charge in [-0.1, -0.05) is 30.3 Å². The Bertz CT molecular complexity index is 1270. The Morgan fingerprint density at radius 2 is 2.09 bits per heavy atom. The Labute approximate surface area is 197 Å². The van der Waals surface area contributed by atoms with Gasteiger partial charge in [0.2, 0.25) is 5.95 Å². The van der Waals surface area contributed by atoms with E-state index < -0.39 is 11.5 Å². The summed E-state index contributed by atoms with van der Waals surface area (Å²) in [6.45, 7) is 3.53. The molecule has 10 heteroatoms. The Balaban J connectivity index is 1.89. The van der Waals surface area contributed by atoms with E-state index in [0.29, 0.717) is 32.8 Å². The molecule has 1 aromatic heterocycles. The van der Waals surface area contributed by atoms with E-state index in [1.54, 1.807) is 36.4 Å². The molecule has 0 aliphatic heterocycles. The van der Waals surface area contributed by atoms with Crippen molar-refractivity contribution >= 4 is 40.7 Å². The van der Waals surface area contributed by atoms with Crippen LogP contribution in [0, 0.1) is 14.9 Å². The third-order valence-corrected chi connectivity index (χ3v) is 4.84. The van der Waals surface area contributed by atoms with Crippen LogP contribution in [-0.4, -0.2) is 28.8 Å². The standard InChI is InChI=1S/C22H18IN5O4/c1-3-31-18-10-14(9-17(23)20(18)32-13(2)29)12-25-28-22-26-19(15-7-5-4-6-8-15)16(11-24)21(30)27-22/h4-10,12H,3H2,1-2H3,(H2,26,27,28,30). The van der Waals surface area contributed by atoms with Gasteiger partial charge < -0.3 is 9.47 Å². The molecule has 0 bridgehead atoms. The molecule has 2 aromatic carbocycles. The Kier molecular flexibility index (Phi) is 7.56. The summed E-state index contributed by atoms with van der Waals surface area (Å²) in [6.07, 6.45) is 1.50. The summed E-state index contributed by atoms with van der Waals surface area (Å²) in [6, 6.07) is 14.3. The number of halogens is 1. The Morgan fingerprint density at radius 1 is 1.34 bits per heavy atom. The molecular formula is C22H18IN5O4. The zero-order valence-corrected chi connectivity index (χ0v) is 19.3. The van der Waals surface area contributed by atoms with Crippen molar-refractivity contribution < 1.29 is 14.3 Å². The summed E-state index contributed by atoms with van der Waals surface area (Å²) in [5.74, 6) is 0.389. The molecule has 32 heavy (non-hydrogen) atoms. The maximum atomic E-state index is 12.3. The molecule has 0 saturated heterocycles. The SMILES string of the molecule is CCOc1cc(C=NNc2nc(-c3ccccc3)c(C#N)c(=O)[nH]2)cc(I)c1OC(C)=O. The van der Waals surface area contributed by atoms with Crippen LogP contribution in [0.1, 0.15) is 25.0 Å². The van der Waals surface area contributed by atoms with Gasteiger partial charge in [0.25, 0.3) is 5.56 Å². The molecule has 0 amide bonds. The highest BCUT2D eigenvalue weighted by Gasteiger charge is 2.14. The van der Waals surface area contributed by atoms with Crippen LogP contribution in [0.2, 0.25) is 0 Å². The number of hydrazone groups is 1. The van der Waals surface area contributed by atoms with Gasteiger partial charge in [-0.3, -0.25) is 14.6 Å². The smallest absolute Gasteiger partial charge is 0.308 e. The van der Waals surface area contributed by atoms with Crippen LogP contribution in [-0.2, 0) is 4.79 Å². The van der Waals surface area contributed by atoms with Crippen molar-refractivity contribution in [2.45, 2.75) is 13.8 Å². The second-order valence-electron chi connectivity index (χ2n) is 6.34. The molecule has 0 aliphatic carbocycles. The zero-order valence-electron chi connectivity index (χ0n) is 17.2. The number of anilines is 1. The van der Waals surface area contributed by atoms with Crippen LogP contribution in [0.3, 0.4) is 0 Å². The van der Waals surface area contributed by atoms with Gasteiger partial charge in [-0.05, 0) is 47.2 Å². The largest absolute Gasteiger partial charge is 0.490 e. The Hall–Kier alpha value is -3.72. The maximum absolute atomic E-state index is 12.3. The molecule has 2 N–H and O–H groups in total. The fourth-order valence-corrected chi connectivity index (χ4v) is 3.51. The third kappa shape index (κ3) is 5.50. The number of hydrogen-bond acceptors (Lipinski definition) is 8. The number of aromatic amines is 1. The summed E-state index contributed by atoms with van der Waals surface area (Å²) in [4.78, 5) is 30.5. The molecule has 0 radical (unpaired) electrons. The van der Waals surface area contributed by atoms with Gasteiger partial charge in [0.1, 0.15) is 11.6 Å². The monoisotopic (exact) mass is 543 g/mol. The molecule has 0 fully saturated rings. The number of nitrogens with zero attached hydrogens (tertiary/aromatic N) is 3. The van der Waals surface area contributed by atoms with Gasteiger partial charge in [0.05, 0.1) is 22.1 Å². The summed E-state index contributed by atoms with van der Waals surface area (Å²) in [5.41, 5.74) is 3.59. The number of ether oxygens (including phenoxy) is 2. The van der Waals surface area contributed by atoms with Crippen molar-refractivity contribution in [1.29, 1.82) is 5.26 Å². The second kappa shape index (κ2) is 10.5. The summed E-state index contributed by atoms with van der Waals surface area (Å²) in [5, 5.41) is 13.5. The van der Waals surface area contributed by atoms with Crippen LogP contribution < -0.4 is 20.5 Å². The lowest BCUT2D eigenvalue weighted by atomic mass is 10.1. The van der Waals surface area contributed by atoms with Crippen LogP contribution in [0.4, 0.5) is 5.95 Å². The molecule has 0 unspecified atom stereocenters. The van der Waals surface area contributed by atoms with Gasteiger partial charge in [0, 0.05) is 12.5 Å². The number of hydrogen-bond donors (Lipinski definition) is 2. The number of carbonyl (C=O) groups is 1. The van der Waals surface area contributed by atoms with E-state index in [1.165, 1.54) is 13.1 Å². The normalized spacial score (nSPS) is 10.6. The molecule has 3 rings (SSSR count). The number of aromatic nitrogens is 2. The van der Waals surface area contributed by atoms with Gasteiger partial charge >= 0.3 is 5.97 Å². The molecule has 162 valence electrons. The van der Waals surface area contributed by atoms with Crippen molar-refractivity contribution in [3.05, 3.63) is 67.5 Å². The highest BCUT2D eigenvalue weighted by Crippen LogP contribution is 2.34. The lowest BCUT2D eigenvalue weighted by Gasteiger charge is -2.12. The lowest BCUT2D eigenvalue weighted by molar-refractivity contribution is -0.132. The molecule has 0 saturated carbocycles. The molecule has 0 spiro atoms. The summed E-state index contributed by atoms with van der Waals surface area (Å²) >= 11 is 2.04. The summed E-state index contributed by atoms with van der Waals surface area (Å²) in [7, 11) is 0. The number of nitrogens with one attached hydrogen (secondary N) is 2. The van der Waals surface area contributed by atoms with Gasteiger partial charge in [0.15, 0.2) is 11.5 Å². The van der Waals surface area contributed by atoms with Crippen molar-refractivity contribution in [3.8, 4) is 28.8 Å². The number of benzene rings is 2. The van der Waals surface area contributed by atoms with Crippen molar-refractivity contribution in [3.63, 3.8) is 0 Å². The Morgan fingerprint density at radius 3 is 2.75 bits per heavy atom. The first-order valence-electron chi connectivity index (χ1n) is 9.46. The number of nitriles is 1. The maximum Gasteiger partial charge on any atom is 0.308 e. The zero-order chi connectivity index (χ0) is 23.1. The average molecular weight is 543 g/mol. The molecule has 1 heterocycles. The molecule has 0 aliphatic rings. The van der Waals surface area contributed by atoms with E-state index in [0.717, 1.165) is 0 Å². The van der Waals surface area contributed by atoms with Crippen molar-refractivity contribution in [1.82, 2.24) is 9.97 Å². The molecule has 3 aromatic rings. The van der Waals surface area contributed by atoms with Gasteiger partial charge in [-0.2, -0.15) is 10.4 Å². The predicted molar refractivity (Wildman–Crippen MR) is 128 cm³/mol. The van der Waals surface area contributed by atoms with Crippen LogP contribution in [0.15, 0.2) is 52.4 Å². The summed E-state index contributed by atoms with van der Waals surface area (Å²) < 4.78 is 11.5. The first kappa shape index (κ1) is 23.0. The first-order valence-corrected chi connectivity index (χ1v) is 10.5. The van der Waals surface area contributed by atoms with Gasteiger partial charge in [-0.25, -0.2) is 10.4 Å². The minimum atomic E-state index is -0.571. The van der Waals surface area contributed by atoms with E-state index in [4.69, 9.17) is 9.47 Å². The highest BCUT2D eigenvalue weighted by atomic mass is 127. The molecule has 0 atom stereocenters. The lowest BCUT2D eigenvalue weighted by Crippen LogP contribution is -2.16. The highest BCUT2D eigenvalue weighted by molar-refractivity contribution is 14.1. The average Bonchev–Trinajstić information content (AvgIpc) is 2.76.